The van der Waals surface area contributed by atoms with Crippen LogP contribution in [-0.4, -0.2) is 0 Å². The highest BCUT2D eigenvalue weighted by Crippen LogP contribution is 2.35. The van der Waals surface area contributed by atoms with Gasteiger partial charge in [-0.15, -0.1) is 0 Å². The zero-order chi connectivity index (χ0) is 14.2. The normalized spacial score (nSPS) is 33.5. The van der Waals surface area contributed by atoms with Gasteiger partial charge in [0.2, 0.25) is 0 Å². The molecule has 0 unspecified atom stereocenters. The first-order valence-corrected chi connectivity index (χ1v) is 9.14. The highest BCUT2D eigenvalue weighted by molar-refractivity contribution is 5.12. The summed E-state index contributed by atoms with van der Waals surface area (Å²) in [4.78, 5) is 0. The molecule has 0 aromatic heterocycles. The SMILES string of the molecule is CCCCCC1CCC(CCC2C=CC(C)C=C2)CC1. The van der Waals surface area contributed by atoms with Gasteiger partial charge in [0.1, 0.15) is 0 Å². The van der Waals surface area contributed by atoms with Crippen LogP contribution in [0.3, 0.4) is 0 Å². The fraction of sp³-hybridized carbons (Fsp3) is 0.800. The van der Waals surface area contributed by atoms with Gasteiger partial charge in [-0.1, -0.05) is 89.5 Å². The Hall–Kier alpha value is -0.520. The summed E-state index contributed by atoms with van der Waals surface area (Å²) in [5.41, 5.74) is 0. The van der Waals surface area contributed by atoms with Crippen molar-refractivity contribution in [2.24, 2.45) is 23.7 Å². The van der Waals surface area contributed by atoms with Crippen LogP contribution in [0.25, 0.3) is 0 Å². The summed E-state index contributed by atoms with van der Waals surface area (Å²) in [5.74, 6) is 3.48. The van der Waals surface area contributed by atoms with Crippen LogP contribution in [0.2, 0.25) is 0 Å². The quantitative estimate of drug-likeness (QED) is 0.365. The first-order chi connectivity index (χ1) is 9.78. The van der Waals surface area contributed by atoms with Gasteiger partial charge in [-0.05, 0) is 36.5 Å². The van der Waals surface area contributed by atoms with E-state index in [1.807, 2.05) is 0 Å². The molecule has 0 atom stereocenters. The smallest absolute Gasteiger partial charge is 0.00530 e. The van der Waals surface area contributed by atoms with Gasteiger partial charge in [0.15, 0.2) is 0 Å². The lowest BCUT2D eigenvalue weighted by atomic mass is 9.77. The van der Waals surface area contributed by atoms with E-state index in [1.54, 1.807) is 0 Å². The molecule has 0 radical (unpaired) electrons. The minimum absolute atomic E-state index is 0.657. The Labute approximate surface area is 126 Å². The number of allylic oxidation sites excluding steroid dienone is 4. The predicted molar refractivity (Wildman–Crippen MR) is 89.8 cm³/mol. The molecule has 0 saturated heterocycles. The molecule has 114 valence electrons. The average molecular weight is 274 g/mol. The van der Waals surface area contributed by atoms with Crippen LogP contribution >= 0.6 is 0 Å². The second-order valence-corrected chi connectivity index (χ2v) is 7.25. The second kappa shape index (κ2) is 8.70. The number of hydrogen-bond donors (Lipinski definition) is 0. The number of unbranched alkanes of at least 4 members (excludes halogenated alkanes) is 2. The zero-order valence-electron chi connectivity index (χ0n) is 13.7. The average Bonchev–Trinajstić information content (AvgIpc) is 2.48. The van der Waals surface area contributed by atoms with Crippen molar-refractivity contribution in [3.63, 3.8) is 0 Å². The Bertz CT molecular complexity index is 290. The van der Waals surface area contributed by atoms with E-state index in [-0.39, 0.29) is 0 Å². The summed E-state index contributed by atoms with van der Waals surface area (Å²) in [5, 5.41) is 0. The predicted octanol–water partition coefficient (Wildman–Crippen LogP) is 6.53. The third-order valence-corrected chi connectivity index (χ3v) is 5.41. The molecule has 0 nitrogen and oxygen atoms in total. The fourth-order valence-corrected chi connectivity index (χ4v) is 3.88. The maximum absolute atomic E-state index is 2.43. The molecule has 0 aromatic rings. The van der Waals surface area contributed by atoms with E-state index < -0.39 is 0 Å². The van der Waals surface area contributed by atoms with Crippen molar-refractivity contribution in [3.8, 4) is 0 Å². The minimum atomic E-state index is 0.657. The van der Waals surface area contributed by atoms with E-state index in [1.165, 1.54) is 64.2 Å². The molecule has 0 N–H and O–H groups in total. The topological polar surface area (TPSA) is 0 Å². The lowest BCUT2D eigenvalue weighted by Gasteiger charge is -2.29. The van der Waals surface area contributed by atoms with E-state index >= 15 is 0 Å². The third-order valence-electron chi connectivity index (χ3n) is 5.41. The van der Waals surface area contributed by atoms with Gasteiger partial charge in [0.05, 0.1) is 0 Å². The van der Waals surface area contributed by atoms with E-state index in [4.69, 9.17) is 0 Å². The van der Waals surface area contributed by atoms with Crippen LogP contribution in [0.15, 0.2) is 24.3 Å². The van der Waals surface area contributed by atoms with Crippen LogP contribution in [0.1, 0.15) is 78.1 Å². The zero-order valence-corrected chi connectivity index (χ0v) is 13.7. The van der Waals surface area contributed by atoms with E-state index in [0.29, 0.717) is 5.92 Å². The monoisotopic (exact) mass is 274 g/mol. The molecule has 2 aliphatic rings. The Balaban J connectivity index is 1.58. The lowest BCUT2D eigenvalue weighted by Crippen LogP contribution is -2.15. The van der Waals surface area contributed by atoms with Crippen molar-refractivity contribution < 1.29 is 0 Å². The fourth-order valence-electron chi connectivity index (χ4n) is 3.88. The van der Waals surface area contributed by atoms with Gasteiger partial charge < -0.3 is 0 Å². The molecule has 1 saturated carbocycles. The third kappa shape index (κ3) is 5.46. The molecule has 1 fully saturated rings. The molecule has 2 rings (SSSR count). The van der Waals surface area contributed by atoms with Crippen LogP contribution in [0, 0.1) is 23.7 Å². The van der Waals surface area contributed by atoms with Crippen molar-refractivity contribution in [2.75, 3.05) is 0 Å². The summed E-state index contributed by atoms with van der Waals surface area (Å²) in [6.07, 6.45) is 24.3. The largest absolute Gasteiger partial charge is 0.0813 e. The van der Waals surface area contributed by atoms with E-state index in [0.717, 1.165) is 17.8 Å². The molecular weight excluding hydrogens is 240 g/mol. The van der Waals surface area contributed by atoms with Crippen LogP contribution < -0.4 is 0 Å². The Morgan fingerprint density at radius 3 is 1.95 bits per heavy atom. The summed E-state index contributed by atoms with van der Waals surface area (Å²) < 4.78 is 0. The number of hydrogen-bond acceptors (Lipinski definition) is 0. The van der Waals surface area contributed by atoms with E-state index in [2.05, 4.69) is 38.2 Å². The van der Waals surface area contributed by atoms with Crippen molar-refractivity contribution in [2.45, 2.75) is 78.1 Å². The van der Waals surface area contributed by atoms with Gasteiger partial charge in [-0.25, -0.2) is 0 Å². The van der Waals surface area contributed by atoms with Crippen LogP contribution in [0.4, 0.5) is 0 Å². The maximum Gasteiger partial charge on any atom is -0.00530 e. The highest BCUT2D eigenvalue weighted by Gasteiger charge is 2.21. The Morgan fingerprint density at radius 1 is 0.750 bits per heavy atom. The van der Waals surface area contributed by atoms with Gasteiger partial charge in [-0.2, -0.15) is 0 Å². The summed E-state index contributed by atoms with van der Waals surface area (Å²) >= 11 is 0. The van der Waals surface area contributed by atoms with Crippen molar-refractivity contribution >= 4 is 0 Å². The molecule has 2 aliphatic carbocycles. The first kappa shape index (κ1) is 15.9. The molecule has 0 aromatic carbocycles. The van der Waals surface area contributed by atoms with E-state index in [9.17, 15) is 0 Å². The number of rotatable bonds is 7. The molecule has 0 bridgehead atoms. The van der Waals surface area contributed by atoms with Crippen molar-refractivity contribution in [3.05, 3.63) is 24.3 Å². The molecule has 20 heavy (non-hydrogen) atoms. The minimum Gasteiger partial charge on any atom is -0.0813 e. The molecule has 0 spiro atoms. The molecule has 0 heteroatoms. The summed E-state index contributed by atoms with van der Waals surface area (Å²) in [6, 6.07) is 0. The van der Waals surface area contributed by atoms with Gasteiger partial charge in [0.25, 0.3) is 0 Å². The van der Waals surface area contributed by atoms with Crippen LogP contribution in [-0.2, 0) is 0 Å². The molecule has 0 heterocycles. The van der Waals surface area contributed by atoms with Crippen molar-refractivity contribution in [1.29, 1.82) is 0 Å². The first-order valence-electron chi connectivity index (χ1n) is 9.14. The molecule has 0 amide bonds. The molecular formula is C20H34. The summed E-state index contributed by atoms with van der Waals surface area (Å²) in [7, 11) is 0. The van der Waals surface area contributed by atoms with Crippen molar-refractivity contribution in [1.82, 2.24) is 0 Å². The standard InChI is InChI=1S/C20H34/c1-3-4-5-6-18-11-13-20(14-12-18)16-15-19-9-7-17(2)8-10-19/h7-10,17-20H,3-6,11-16H2,1-2H3. The highest BCUT2D eigenvalue weighted by atomic mass is 14.3. The molecule has 0 aliphatic heterocycles. The lowest BCUT2D eigenvalue weighted by molar-refractivity contribution is 0.243. The van der Waals surface area contributed by atoms with Gasteiger partial charge >= 0.3 is 0 Å². The second-order valence-electron chi connectivity index (χ2n) is 7.25. The van der Waals surface area contributed by atoms with Gasteiger partial charge in [0, 0.05) is 0 Å². The Morgan fingerprint density at radius 2 is 1.35 bits per heavy atom. The van der Waals surface area contributed by atoms with Gasteiger partial charge in [-0.3, -0.25) is 0 Å². The summed E-state index contributed by atoms with van der Waals surface area (Å²) in [6.45, 7) is 4.58. The Kier molecular flexibility index (Phi) is 6.90. The van der Waals surface area contributed by atoms with Crippen LogP contribution in [0.5, 0.6) is 0 Å². The maximum atomic E-state index is 2.43.